The molecule has 102 valence electrons. The third-order valence-electron chi connectivity index (χ3n) is 4.45. The maximum Gasteiger partial charge on any atom is 0.0848 e. The molecule has 1 saturated carbocycles. The summed E-state index contributed by atoms with van der Waals surface area (Å²) in [4.78, 5) is 0. The molecule has 0 spiro atoms. The van der Waals surface area contributed by atoms with Gasteiger partial charge < -0.3 is 5.11 Å². The van der Waals surface area contributed by atoms with Gasteiger partial charge in [-0.2, -0.15) is 5.10 Å². The van der Waals surface area contributed by atoms with E-state index in [1.807, 2.05) is 18.7 Å². The predicted molar refractivity (Wildman–Crippen MR) is 73.8 cm³/mol. The van der Waals surface area contributed by atoms with Crippen molar-refractivity contribution in [2.75, 3.05) is 0 Å². The summed E-state index contributed by atoms with van der Waals surface area (Å²) < 4.78 is 1.81. The molecule has 1 fully saturated rings. The highest BCUT2D eigenvalue weighted by molar-refractivity contribution is 6.31. The molecule has 1 aliphatic carbocycles. The van der Waals surface area contributed by atoms with Gasteiger partial charge in [-0.05, 0) is 31.6 Å². The van der Waals surface area contributed by atoms with Crippen molar-refractivity contribution in [3.8, 4) is 0 Å². The molecule has 18 heavy (non-hydrogen) atoms. The highest BCUT2D eigenvalue weighted by Crippen LogP contribution is 2.40. The fourth-order valence-electron chi connectivity index (χ4n) is 3.12. The minimum atomic E-state index is -0.637. The normalized spacial score (nSPS) is 32.8. The first-order valence-electron chi connectivity index (χ1n) is 6.74. The van der Waals surface area contributed by atoms with Gasteiger partial charge in [-0.1, -0.05) is 31.9 Å². The van der Waals surface area contributed by atoms with Gasteiger partial charge in [0.15, 0.2) is 0 Å². The quantitative estimate of drug-likeness (QED) is 0.897. The first kappa shape index (κ1) is 13.9. The minimum absolute atomic E-state index is 0.319. The van der Waals surface area contributed by atoms with Crippen LogP contribution in [0.3, 0.4) is 0 Å². The molecule has 1 aromatic heterocycles. The van der Waals surface area contributed by atoms with E-state index in [0.29, 0.717) is 23.3 Å². The SMILES string of the molecule is Cc1nn(C)c(CC2(O)CC(C)CCC2C)c1Cl. The van der Waals surface area contributed by atoms with Crippen LogP contribution in [0.4, 0.5) is 0 Å². The van der Waals surface area contributed by atoms with E-state index in [1.54, 1.807) is 0 Å². The van der Waals surface area contributed by atoms with Crippen LogP contribution in [0.1, 0.15) is 44.5 Å². The van der Waals surface area contributed by atoms with Crippen molar-refractivity contribution in [3.63, 3.8) is 0 Å². The average Bonchev–Trinajstić information content (AvgIpc) is 2.51. The number of aliphatic hydroxyl groups is 1. The Hall–Kier alpha value is -0.540. The van der Waals surface area contributed by atoms with Crippen molar-refractivity contribution in [1.29, 1.82) is 0 Å². The maximum absolute atomic E-state index is 10.9. The van der Waals surface area contributed by atoms with Gasteiger partial charge in [-0.25, -0.2) is 0 Å². The summed E-state index contributed by atoms with van der Waals surface area (Å²) in [6.07, 6.45) is 3.76. The Balaban J connectivity index is 2.26. The highest BCUT2D eigenvalue weighted by Gasteiger charge is 2.40. The molecule has 1 aliphatic rings. The van der Waals surface area contributed by atoms with Crippen LogP contribution in [0.15, 0.2) is 0 Å². The molecule has 4 heteroatoms. The molecular weight excluding hydrogens is 248 g/mol. The predicted octanol–water partition coefficient (Wildman–Crippen LogP) is 3.11. The number of aryl methyl sites for hydroxylation is 2. The van der Waals surface area contributed by atoms with Crippen molar-refractivity contribution in [2.45, 2.75) is 52.1 Å². The van der Waals surface area contributed by atoms with Crippen LogP contribution in [0, 0.1) is 18.8 Å². The molecule has 0 bridgehead atoms. The van der Waals surface area contributed by atoms with Crippen molar-refractivity contribution < 1.29 is 5.11 Å². The van der Waals surface area contributed by atoms with Gasteiger partial charge in [-0.3, -0.25) is 4.68 Å². The third-order valence-corrected chi connectivity index (χ3v) is 4.94. The molecular formula is C14H23ClN2O. The van der Waals surface area contributed by atoms with Crippen LogP contribution >= 0.6 is 11.6 Å². The minimum Gasteiger partial charge on any atom is -0.389 e. The van der Waals surface area contributed by atoms with E-state index in [-0.39, 0.29) is 0 Å². The maximum atomic E-state index is 10.9. The Morgan fingerprint density at radius 2 is 2.11 bits per heavy atom. The Morgan fingerprint density at radius 3 is 2.67 bits per heavy atom. The molecule has 2 rings (SSSR count). The number of aromatic nitrogens is 2. The lowest BCUT2D eigenvalue weighted by Crippen LogP contribution is -2.44. The molecule has 1 aromatic rings. The third kappa shape index (κ3) is 2.43. The largest absolute Gasteiger partial charge is 0.389 e. The van der Waals surface area contributed by atoms with Gasteiger partial charge in [0.2, 0.25) is 0 Å². The molecule has 3 atom stereocenters. The van der Waals surface area contributed by atoms with E-state index < -0.39 is 5.60 Å². The van der Waals surface area contributed by atoms with E-state index in [9.17, 15) is 5.11 Å². The van der Waals surface area contributed by atoms with E-state index in [4.69, 9.17) is 11.6 Å². The molecule has 0 radical (unpaired) electrons. The number of nitrogens with zero attached hydrogens (tertiary/aromatic N) is 2. The summed E-state index contributed by atoms with van der Waals surface area (Å²) in [6.45, 7) is 6.26. The van der Waals surface area contributed by atoms with E-state index in [1.165, 1.54) is 6.42 Å². The van der Waals surface area contributed by atoms with Gasteiger partial charge in [-0.15, -0.1) is 0 Å². The molecule has 0 amide bonds. The van der Waals surface area contributed by atoms with E-state index in [2.05, 4.69) is 18.9 Å². The number of halogens is 1. The molecule has 0 saturated heterocycles. The van der Waals surface area contributed by atoms with Gasteiger partial charge in [0, 0.05) is 13.5 Å². The van der Waals surface area contributed by atoms with Crippen LogP contribution in [0.25, 0.3) is 0 Å². The summed E-state index contributed by atoms with van der Waals surface area (Å²) in [5, 5.41) is 16.0. The van der Waals surface area contributed by atoms with Gasteiger partial charge >= 0.3 is 0 Å². The zero-order chi connectivity index (χ0) is 13.5. The summed E-state index contributed by atoms with van der Waals surface area (Å²) in [7, 11) is 1.90. The van der Waals surface area contributed by atoms with Gasteiger partial charge in [0.1, 0.15) is 0 Å². The Bertz CT molecular complexity index is 443. The summed E-state index contributed by atoms with van der Waals surface area (Å²) >= 11 is 6.28. The Kier molecular flexibility index (Phi) is 3.75. The zero-order valence-corrected chi connectivity index (χ0v) is 12.5. The van der Waals surface area contributed by atoms with E-state index in [0.717, 1.165) is 24.2 Å². The molecule has 1 N–H and O–H groups in total. The molecule has 3 nitrogen and oxygen atoms in total. The van der Waals surface area contributed by atoms with Crippen molar-refractivity contribution >= 4 is 11.6 Å². The first-order chi connectivity index (χ1) is 8.33. The Labute approximate surface area is 114 Å². The molecule has 0 aromatic carbocycles. The monoisotopic (exact) mass is 270 g/mol. The van der Waals surface area contributed by atoms with Crippen LogP contribution in [-0.2, 0) is 13.5 Å². The first-order valence-corrected chi connectivity index (χ1v) is 7.11. The highest BCUT2D eigenvalue weighted by atomic mass is 35.5. The summed E-state index contributed by atoms with van der Waals surface area (Å²) in [5.74, 6) is 0.902. The average molecular weight is 271 g/mol. The second-order valence-electron chi connectivity index (χ2n) is 6.04. The van der Waals surface area contributed by atoms with Crippen LogP contribution in [0.5, 0.6) is 0 Å². The van der Waals surface area contributed by atoms with Gasteiger partial charge in [0.25, 0.3) is 0 Å². The summed E-state index contributed by atoms with van der Waals surface area (Å²) in [5.41, 5.74) is 1.16. The summed E-state index contributed by atoms with van der Waals surface area (Å²) in [6, 6.07) is 0. The fourth-order valence-corrected chi connectivity index (χ4v) is 3.35. The number of rotatable bonds is 2. The fraction of sp³-hybridized carbons (Fsp3) is 0.786. The van der Waals surface area contributed by atoms with Crippen LogP contribution in [-0.4, -0.2) is 20.5 Å². The lowest BCUT2D eigenvalue weighted by atomic mass is 9.70. The van der Waals surface area contributed by atoms with Crippen LogP contribution in [0.2, 0.25) is 5.02 Å². The van der Waals surface area contributed by atoms with Crippen molar-refractivity contribution in [3.05, 3.63) is 16.4 Å². The topological polar surface area (TPSA) is 38.0 Å². The number of hydrogen-bond donors (Lipinski definition) is 1. The second kappa shape index (κ2) is 4.86. The van der Waals surface area contributed by atoms with Gasteiger partial charge in [0.05, 0.1) is 22.0 Å². The molecule has 1 heterocycles. The number of hydrogen-bond acceptors (Lipinski definition) is 2. The Morgan fingerprint density at radius 1 is 1.44 bits per heavy atom. The standard InChI is InChI=1S/C14H23ClN2O/c1-9-5-6-10(2)14(18,7-9)8-12-13(15)11(3)16-17(12)4/h9-10,18H,5-8H2,1-4H3. The lowest BCUT2D eigenvalue weighted by Gasteiger charge is -2.41. The van der Waals surface area contributed by atoms with E-state index >= 15 is 0 Å². The smallest absolute Gasteiger partial charge is 0.0848 e. The van der Waals surface area contributed by atoms with Crippen LogP contribution < -0.4 is 0 Å². The molecule has 3 unspecified atom stereocenters. The molecule has 0 aliphatic heterocycles. The van der Waals surface area contributed by atoms with Crippen molar-refractivity contribution in [1.82, 2.24) is 9.78 Å². The zero-order valence-electron chi connectivity index (χ0n) is 11.7. The lowest BCUT2D eigenvalue weighted by molar-refractivity contribution is -0.0572. The van der Waals surface area contributed by atoms with Crippen molar-refractivity contribution in [2.24, 2.45) is 18.9 Å². The second-order valence-corrected chi connectivity index (χ2v) is 6.42.